The number of rotatable bonds is 9. The largest absolute Gasteiger partial charge is 0.313 e. The highest BCUT2D eigenvalue weighted by atomic mass is 32.2. The zero-order valence-electron chi connectivity index (χ0n) is 12.6. The highest BCUT2D eigenvalue weighted by Gasteiger charge is 2.18. The van der Waals surface area contributed by atoms with Gasteiger partial charge in [-0.3, -0.25) is 0 Å². The van der Waals surface area contributed by atoms with Crippen LogP contribution in [0.1, 0.15) is 25.8 Å². The van der Waals surface area contributed by atoms with E-state index in [1.54, 1.807) is 18.7 Å². The lowest BCUT2D eigenvalue weighted by molar-refractivity contribution is 0.566. The van der Waals surface area contributed by atoms with Crippen LogP contribution in [0.15, 0.2) is 23.1 Å². The van der Waals surface area contributed by atoms with Gasteiger partial charge in [-0.25, -0.2) is 17.5 Å². The molecule has 0 aliphatic rings. The molecule has 0 radical (unpaired) electrons. The summed E-state index contributed by atoms with van der Waals surface area (Å²) in [6.45, 7) is 4.91. The molecule has 4 nitrogen and oxygen atoms in total. The van der Waals surface area contributed by atoms with Crippen LogP contribution in [0.2, 0.25) is 0 Å². The Balaban J connectivity index is 2.89. The Kier molecular flexibility index (Phi) is 7.65. The van der Waals surface area contributed by atoms with Crippen molar-refractivity contribution in [2.75, 3.05) is 18.6 Å². The third-order valence-electron chi connectivity index (χ3n) is 2.84. The summed E-state index contributed by atoms with van der Waals surface area (Å²) in [7, 11) is -3.61. The average Bonchev–Trinajstić information content (AvgIpc) is 2.40. The van der Waals surface area contributed by atoms with Crippen molar-refractivity contribution in [3.63, 3.8) is 0 Å². The maximum atomic E-state index is 13.7. The maximum absolute atomic E-state index is 13.7. The Labute approximate surface area is 131 Å². The first kappa shape index (κ1) is 18.4. The van der Waals surface area contributed by atoms with E-state index in [2.05, 4.69) is 10.0 Å². The van der Waals surface area contributed by atoms with Crippen LogP contribution in [-0.4, -0.2) is 33.0 Å². The van der Waals surface area contributed by atoms with Crippen molar-refractivity contribution in [2.24, 2.45) is 0 Å². The summed E-state index contributed by atoms with van der Waals surface area (Å²) in [6, 6.07) is 3.73. The van der Waals surface area contributed by atoms with Crippen LogP contribution in [0.25, 0.3) is 0 Å². The van der Waals surface area contributed by atoms with Crippen LogP contribution in [0.4, 0.5) is 4.39 Å². The second-order valence-corrected chi connectivity index (χ2v) is 7.53. The summed E-state index contributed by atoms with van der Waals surface area (Å²) in [5.41, 5.74) is 0.365. The molecule has 2 N–H and O–H groups in total. The molecule has 7 heteroatoms. The first-order chi connectivity index (χ1) is 9.90. The summed E-state index contributed by atoms with van der Waals surface area (Å²) in [5.74, 6) is 0.292. The minimum absolute atomic E-state index is 0.102. The van der Waals surface area contributed by atoms with Gasteiger partial charge in [0.2, 0.25) is 10.0 Å². The number of benzene rings is 1. The standard InChI is InChI=1S/C14H23FN2O2S2/c1-4-7-16-9-12-8-13(5-6-14(12)15)21(18,19)17-11(2)10-20-3/h5-6,8,11,16-17H,4,7,9-10H2,1-3H3. The zero-order valence-corrected chi connectivity index (χ0v) is 14.3. The van der Waals surface area contributed by atoms with E-state index >= 15 is 0 Å². The van der Waals surface area contributed by atoms with Gasteiger partial charge in [-0.1, -0.05) is 6.92 Å². The molecular weight excluding hydrogens is 311 g/mol. The molecule has 0 spiro atoms. The molecule has 1 rings (SSSR count). The molecule has 0 aromatic heterocycles. The van der Waals surface area contributed by atoms with Gasteiger partial charge < -0.3 is 5.32 Å². The normalized spacial score (nSPS) is 13.3. The van der Waals surface area contributed by atoms with Gasteiger partial charge in [0, 0.05) is 23.9 Å². The molecule has 0 saturated heterocycles. The summed E-state index contributed by atoms with van der Waals surface area (Å²) in [6.07, 6.45) is 2.85. The van der Waals surface area contributed by atoms with Crippen LogP contribution in [0, 0.1) is 5.82 Å². The topological polar surface area (TPSA) is 58.2 Å². The van der Waals surface area contributed by atoms with Crippen molar-refractivity contribution in [1.29, 1.82) is 0 Å². The van der Waals surface area contributed by atoms with Gasteiger partial charge in [-0.15, -0.1) is 0 Å². The van der Waals surface area contributed by atoms with Crippen LogP contribution in [0.3, 0.4) is 0 Å². The lowest BCUT2D eigenvalue weighted by Crippen LogP contribution is -2.34. The van der Waals surface area contributed by atoms with Gasteiger partial charge >= 0.3 is 0 Å². The third-order valence-corrected chi connectivity index (χ3v) is 5.26. The van der Waals surface area contributed by atoms with E-state index in [-0.39, 0.29) is 10.9 Å². The molecule has 1 aromatic rings. The summed E-state index contributed by atoms with van der Waals surface area (Å²) in [4.78, 5) is 0.102. The van der Waals surface area contributed by atoms with Crippen LogP contribution >= 0.6 is 11.8 Å². The van der Waals surface area contributed by atoms with Crippen molar-refractivity contribution >= 4 is 21.8 Å². The number of halogens is 1. The molecule has 21 heavy (non-hydrogen) atoms. The second-order valence-electron chi connectivity index (χ2n) is 4.91. The van der Waals surface area contributed by atoms with E-state index in [1.807, 2.05) is 13.2 Å². The average molecular weight is 334 g/mol. The fourth-order valence-corrected chi connectivity index (χ4v) is 3.85. The second kappa shape index (κ2) is 8.73. The molecule has 0 heterocycles. The molecule has 0 amide bonds. The fraction of sp³-hybridized carbons (Fsp3) is 0.571. The van der Waals surface area contributed by atoms with Gasteiger partial charge in [-0.05, 0) is 44.3 Å². The van der Waals surface area contributed by atoms with E-state index in [0.717, 1.165) is 13.0 Å². The Bertz CT molecular complexity index is 550. The smallest absolute Gasteiger partial charge is 0.240 e. The number of hydrogen-bond donors (Lipinski definition) is 2. The van der Waals surface area contributed by atoms with Gasteiger partial charge in [0.15, 0.2) is 0 Å². The van der Waals surface area contributed by atoms with Gasteiger partial charge in [0.05, 0.1) is 4.90 Å². The van der Waals surface area contributed by atoms with Crippen molar-refractivity contribution in [1.82, 2.24) is 10.0 Å². The summed E-state index contributed by atoms with van der Waals surface area (Å²) < 4.78 is 40.8. The number of thioether (sulfide) groups is 1. The van der Waals surface area contributed by atoms with Crippen LogP contribution in [0.5, 0.6) is 0 Å². The van der Waals surface area contributed by atoms with Crippen molar-refractivity contribution in [2.45, 2.75) is 37.8 Å². The van der Waals surface area contributed by atoms with E-state index in [9.17, 15) is 12.8 Å². The van der Waals surface area contributed by atoms with Gasteiger partial charge in [0.1, 0.15) is 5.82 Å². The Morgan fingerprint density at radius 3 is 2.71 bits per heavy atom. The molecule has 0 saturated carbocycles. The highest BCUT2D eigenvalue weighted by molar-refractivity contribution is 7.98. The van der Waals surface area contributed by atoms with E-state index in [4.69, 9.17) is 0 Å². The van der Waals surface area contributed by atoms with Crippen molar-refractivity contribution in [3.05, 3.63) is 29.6 Å². The first-order valence-electron chi connectivity index (χ1n) is 6.91. The molecule has 0 aliphatic carbocycles. The predicted octanol–water partition coefficient (Wildman–Crippen LogP) is 2.36. The molecule has 1 aromatic carbocycles. The van der Waals surface area contributed by atoms with E-state index in [1.165, 1.54) is 18.2 Å². The van der Waals surface area contributed by atoms with Crippen molar-refractivity contribution < 1.29 is 12.8 Å². The molecule has 0 aliphatic heterocycles. The quantitative estimate of drug-likeness (QED) is 0.681. The third kappa shape index (κ3) is 5.94. The summed E-state index contributed by atoms with van der Waals surface area (Å²) in [5, 5.41) is 3.07. The lowest BCUT2D eigenvalue weighted by Gasteiger charge is -2.14. The van der Waals surface area contributed by atoms with Gasteiger partial charge in [-0.2, -0.15) is 11.8 Å². The Morgan fingerprint density at radius 1 is 1.38 bits per heavy atom. The number of hydrogen-bond acceptors (Lipinski definition) is 4. The van der Waals surface area contributed by atoms with Gasteiger partial charge in [0.25, 0.3) is 0 Å². The number of sulfonamides is 1. The van der Waals surface area contributed by atoms with Crippen LogP contribution < -0.4 is 10.0 Å². The summed E-state index contributed by atoms with van der Waals surface area (Å²) >= 11 is 1.57. The molecular formula is C14H23FN2O2S2. The number of nitrogens with one attached hydrogen (secondary N) is 2. The fourth-order valence-electron chi connectivity index (χ4n) is 1.87. The molecule has 120 valence electrons. The van der Waals surface area contributed by atoms with Crippen molar-refractivity contribution in [3.8, 4) is 0 Å². The molecule has 0 fully saturated rings. The predicted molar refractivity (Wildman–Crippen MR) is 86.6 cm³/mol. The minimum Gasteiger partial charge on any atom is -0.313 e. The lowest BCUT2D eigenvalue weighted by atomic mass is 10.2. The minimum atomic E-state index is -3.61. The SMILES string of the molecule is CCCNCc1cc(S(=O)(=O)NC(C)CSC)ccc1F. The molecule has 0 bridgehead atoms. The monoisotopic (exact) mass is 334 g/mol. The van der Waals surface area contributed by atoms with E-state index < -0.39 is 15.8 Å². The zero-order chi connectivity index (χ0) is 15.9. The first-order valence-corrected chi connectivity index (χ1v) is 9.78. The Morgan fingerprint density at radius 2 is 2.10 bits per heavy atom. The Hall–Kier alpha value is -0.630. The van der Waals surface area contributed by atoms with Crippen LogP contribution in [-0.2, 0) is 16.6 Å². The highest BCUT2D eigenvalue weighted by Crippen LogP contribution is 2.16. The van der Waals surface area contributed by atoms with E-state index in [0.29, 0.717) is 17.9 Å². The molecule has 1 atom stereocenters. The molecule has 1 unspecified atom stereocenters. The maximum Gasteiger partial charge on any atom is 0.240 e.